The quantitative estimate of drug-likeness (QED) is 0.405. The number of rotatable bonds is 6. The Balaban J connectivity index is 1.48. The number of nitrogen functional groups attached to an aromatic ring is 1. The molecule has 1 atom stereocenters. The van der Waals surface area contributed by atoms with E-state index in [0.29, 0.717) is 36.0 Å². The maximum absolute atomic E-state index is 14.0. The van der Waals surface area contributed by atoms with Crippen LogP contribution >= 0.6 is 23.2 Å². The number of amides is 1. The summed E-state index contributed by atoms with van der Waals surface area (Å²) in [5, 5.41) is 4.72. The highest BCUT2D eigenvalue weighted by molar-refractivity contribution is 6.36. The maximum Gasteiger partial charge on any atom is 0.409 e. The molecule has 3 heterocycles. The summed E-state index contributed by atoms with van der Waals surface area (Å²) in [4.78, 5) is 17.9. The van der Waals surface area contributed by atoms with Crippen molar-refractivity contribution in [2.75, 3.05) is 25.4 Å². The van der Waals surface area contributed by atoms with Gasteiger partial charge in [-0.2, -0.15) is 5.10 Å². The fourth-order valence-corrected chi connectivity index (χ4v) is 4.76. The average molecular weight is 522 g/mol. The first-order valence-corrected chi connectivity index (χ1v) is 12.1. The van der Waals surface area contributed by atoms with Gasteiger partial charge >= 0.3 is 6.09 Å². The third-order valence-corrected chi connectivity index (χ3v) is 6.68. The molecule has 8 nitrogen and oxygen atoms in total. The van der Waals surface area contributed by atoms with Crippen LogP contribution < -0.4 is 10.5 Å². The Morgan fingerprint density at radius 1 is 1.26 bits per heavy atom. The van der Waals surface area contributed by atoms with Crippen LogP contribution in [-0.4, -0.2) is 45.5 Å². The van der Waals surface area contributed by atoms with Gasteiger partial charge in [0.2, 0.25) is 0 Å². The molecule has 4 rings (SSSR count). The summed E-state index contributed by atoms with van der Waals surface area (Å²) >= 11 is 12.3. The highest BCUT2D eigenvalue weighted by atomic mass is 35.5. The van der Waals surface area contributed by atoms with E-state index in [9.17, 15) is 9.18 Å². The van der Waals surface area contributed by atoms with Crippen LogP contribution in [0, 0.1) is 5.82 Å². The van der Waals surface area contributed by atoms with E-state index in [1.807, 2.05) is 10.9 Å². The lowest BCUT2D eigenvalue weighted by molar-refractivity contribution is 0.0916. The highest BCUT2D eigenvalue weighted by Gasteiger charge is 2.25. The molecule has 1 aliphatic rings. The fraction of sp³-hybridized carbons (Fsp3) is 0.375. The molecule has 0 radical (unpaired) electrons. The van der Waals surface area contributed by atoms with Crippen molar-refractivity contribution in [3.8, 4) is 16.9 Å². The molecule has 35 heavy (non-hydrogen) atoms. The van der Waals surface area contributed by atoms with Crippen LogP contribution in [0.25, 0.3) is 11.1 Å². The minimum atomic E-state index is -0.669. The lowest BCUT2D eigenvalue weighted by atomic mass is 10.1. The molecule has 1 aliphatic heterocycles. The molecule has 1 amide bonds. The van der Waals surface area contributed by atoms with Gasteiger partial charge in [-0.3, -0.25) is 4.68 Å². The second kappa shape index (κ2) is 10.7. The summed E-state index contributed by atoms with van der Waals surface area (Å²) in [5.74, 6) is -0.0771. The van der Waals surface area contributed by atoms with E-state index >= 15 is 0 Å². The van der Waals surface area contributed by atoms with E-state index < -0.39 is 11.9 Å². The molecule has 1 saturated heterocycles. The molecule has 1 unspecified atom stereocenters. The van der Waals surface area contributed by atoms with Crippen molar-refractivity contribution >= 4 is 35.1 Å². The lowest BCUT2D eigenvalue weighted by Crippen LogP contribution is -2.39. The zero-order chi connectivity index (χ0) is 25.1. The van der Waals surface area contributed by atoms with E-state index in [1.54, 1.807) is 37.2 Å². The molecular weight excluding hydrogens is 496 g/mol. The Hall–Kier alpha value is -3.04. The van der Waals surface area contributed by atoms with Gasteiger partial charge in [0.25, 0.3) is 0 Å². The van der Waals surface area contributed by atoms with Gasteiger partial charge in [0.05, 0.1) is 23.9 Å². The first kappa shape index (κ1) is 25.1. The third-order valence-electron chi connectivity index (χ3n) is 5.97. The number of hydrogen-bond donors (Lipinski definition) is 1. The topological polar surface area (TPSA) is 95.5 Å². The van der Waals surface area contributed by atoms with Crippen LogP contribution in [0.15, 0.2) is 36.8 Å². The van der Waals surface area contributed by atoms with Gasteiger partial charge in [-0.25, -0.2) is 14.2 Å². The number of nitrogens with two attached hydrogens (primary N) is 1. The summed E-state index contributed by atoms with van der Waals surface area (Å²) in [6, 6.07) is 4.56. The monoisotopic (exact) mass is 521 g/mol. The number of carbonyl (C=O) groups is 1. The van der Waals surface area contributed by atoms with Gasteiger partial charge in [0.1, 0.15) is 11.9 Å². The second-order valence-electron chi connectivity index (χ2n) is 8.25. The molecule has 0 aliphatic carbocycles. The predicted octanol–water partition coefficient (Wildman–Crippen LogP) is 5.91. The molecule has 2 aromatic heterocycles. The Morgan fingerprint density at radius 3 is 2.71 bits per heavy atom. The molecule has 1 aromatic carbocycles. The number of likely N-dealkylation sites (tertiary alicyclic amines) is 1. The van der Waals surface area contributed by atoms with Crippen molar-refractivity contribution in [3.05, 3.63) is 58.2 Å². The van der Waals surface area contributed by atoms with Crippen LogP contribution in [0.5, 0.6) is 5.75 Å². The van der Waals surface area contributed by atoms with Crippen LogP contribution in [0.4, 0.5) is 15.0 Å². The summed E-state index contributed by atoms with van der Waals surface area (Å²) < 4.78 is 26.9. The van der Waals surface area contributed by atoms with Gasteiger partial charge < -0.3 is 20.1 Å². The number of ether oxygens (including phenoxy) is 2. The molecule has 1 fully saturated rings. The number of aromatic nitrogens is 3. The largest absolute Gasteiger partial charge is 0.482 e. The number of carbonyl (C=O) groups excluding carboxylic acids is 1. The zero-order valence-corrected chi connectivity index (χ0v) is 20.9. The maximum atomic E-state index is 14.0. The van der Waals surface area contributed by atoms with Gasteiger partial charge in [-0.05, 0) is 44.9 Å². The van der Waals surface area contributed by atoms with E-state index in [4.69, 9.17) is 38.4 Å². The first-order chi connectivity index (χ1) is 16.8. The second-order valence-corrected chi connectivity index (χ2v) is 9.04. The minimum Gasteiger partial charge on any atom is -0.482 e. The highest BCUT2D eigenvalue weighted by Crippen LogP contribution is 2.37. The van der Waals surface area contributed by atoms with Gasteiger partial charge in [0, 0.05) is 47.2 Å². The van der Waals surface area contributed by atoms with Crippen LogP contribution in [0.2, 0.25) is 10.0 Å². The molecule has 2 N–H and O–H groups in total. The number of halogens is 3. The van der Waals surface area contributed by atoms with Crippen molar-refractivity contribution in [1.29, 1.82) is 0 Å². The third kappa shape index (κ3) is 5.46. The SMILES string of the molecule is CCOC(=O)N1CCC(n2cc(-c3cnc(N)c(OC(C)c4c(Cl)ccc(F)c4Cl)c3)cn2)CC1. The average Bonchev–Trinajstić information content (AvgIpc) is 3.34. The smallest absolute Gasteiger partial charge is 0.409 e. The number of nitrogens with zero attached hydrogens (tertiary/aromatic N) is 4. The summed E-state index contributed by atoms with van der Waals surface area (Å²) in [6.07, 6.45) is 5.94. The van der Waals surface area contributed by atoms with E-state index in [0.717, 1.165) is 24.0 Å². The number of piperidine rings is 1. The Morgan fingerprint density at radius 2 is 2.00 bits per heavy atom. The first-order valence-electron chi connectivity index (χ1n) is 11.3. The standard InChI is InChI=1S/C24H26Cl2FN5O3/c1-3-34-24(33)31-8-6-17(7-9-31)32-13-16(12-30-32)15-10-20(23(28)29-11-15)35-14(2)21-18(25)4-5-19(27)22(21)26/h4-5,10-14,17H,3,6-9H2,1-2H3,(H2,28,29). The van der Waals surface area contributed by atoms with Crippen LogP contribution in [0.1, 0.15) is 44.4 Å². The Bertz CT molecular complexity index is 1210. The van der Waals surface area contributed by atoms with Crippen molar-refractivity contribution in [2.24, 2.45) is 0 Å². The molecular formula is C24H26Cl2FN5O3. The van der Waals surface area contributed by atoms with Crippen molar-refractivity contribution in [1.82, 2.24) is 19.7 Å². The van der Waals surface area contributed by atoms with Crippen LogP contribution in [0.3, 0.4) is 0 Å². The van der Waals surface area contributed by atoms with Gasteiger partial charge in [0.15, 0.2) is 11.6 Å². The van der Waals surface area contributed by atoms with E-state index in [-0.39, 0.29) is 23.0 Å². The predicted molar refractivity (Wildman–Crippen MR) is 132 cm³/mol. The summed E-state index contributed by atoms with van der Waals surface area (Å²) in [6.45, 7) is 5.10. The van der Waals surface area contributed by atoms with Gasteiger partial charge in [-0.1, -0.05) is 23.2 Å². The Kier molecular flexibility index (Phi) is 7.66. The molecule has 11 heteroatoms. The van der Waals surface area contributed by atoms with E-state index in [1.165, 1.54) is 12.1 Å². The van der Waals surface area contributed by atoms with E-state index in [2.05, 4.69) is 10.1 Å². The van der Waals surface area contributed by atoms with Crippen molar-refractivity contribution in [3.63, 3.8) is 0 Å². The Labute approximate surface area is 212 Å². The minimum absolute atomic E-state index is 0.0945. The summed E-state index contributed by atoms with van der Waals surface area (Å²) in [7, 11) is 0. The summed E-state index contributed by atoms with van der Waals surface area (Å²) in [5.41, 5.74) is 7.97. The molecule has 186 valence electrons. The number of anilines is 1. The fourth-order valence-electron chi connectivity index (χ4n) is 4.09. The van der Waals surface area contributed by atoms with Crippen molar-refractivity contribution < 1.29 is 18.7 Å². The number of benzene rings is 1. The number of hydrogen-bond acceptors (Lipinski definition) is 6. The van der Waals surface area contributed by atoms with Gasteiger partial charge in [-0.15, -0.1) is 0 Å². The normalized spacial score (nSPS) is 15.2. The zero-order valence-electron chi connectivity index (χ0n) is 19.4. The molecule has 0 spiro atoms. The molecule has 0 bridgehead atoms. The number of pyridine rings is 1. The molecule has 3 aromatic rings. The van der Waals surface area contributed by atoms with Crippen LogP contribution in [-0.2, 0) is 4.74 Å². The molecule has 0 saturated carbocycles. The van der Waals surface area contributed by atoms with Crippen molar-refractivity contribution in [2.45, 2.75) is 38.8 Å². The lowest BCUT2D eigenvalue weighted by Gasteiger charge is -2.31.